The maximum Gasteiger partial charge on any atom is 0.186 e. The third kappa shape index (κ3) is 7.79. The van der Waals surface area contributed by atoms with Crippen LogP contribution in [-0.4, -0.2) is 17.1 Å². The zero-order valence-corrected chi connectivity index (χ0v) is 14.9. The van der Waals surface area contributed by atoms with Crippen molar-refractivity contribution in [1.82, 2.24) is 0 Å². The number of hydrogen-bond donors (Lipinski definition) is 0. The topological polar surface area (TPSA) is 23.1 Å². The van der Waals surface area contributed by atoms with Gasteiger partial charge in [-0.1, -0.05) is 68.3 Å². The summed E-state index contributed by atoms with van der Waals surface area (Å²) in [7, 11) is 0. The van der Waals surface area contributed by atoms with E-state index >= 15 is 0 Å². The Morgan fingerprint density at radius 3 is 2.67 bits per heavy atom. The van der Waals surface area contributed by atoms with E-state index in [-0.39, 0.29) is 0 Å². The summed E-state index contributed by atoms with van der Waals surface area (Å²) in [6, 6.07) is 8.37. The largest absolute Gasteiger partial charge is 0.611 e. The Balaban J connectivity index is 2.62. The summed E-state index contributed by atoms with van der Waals surface area (Å²) in [4.78, 5) is 0. The second-order valence-electron chi connectivity index (χ2n) is 5.04. The van der Waals surface area contributed by atoms with Crippen LogP contribution in [0.1, 0.15) is 50.2 Å². The molecule has 116 valence electrons. The van der Waals surface area contributed by atoms with Crippen molar-refractivity contribution in [3.8, 4) is 0 Å². The minimum Gasteiger partial charge on any atom is -0.611 e. The van der Waals surface area contributed by atoms with Gasteiger partial charge in [-0.25, -0.2) is 0 Å². The molecule has 0 radical (unpaired) electrons. The summed E-state index contributed by atoms with van der Waals surface area (Å²) in [6.07, 6.45) is 16.5. The molecular weight excluding hydrogens is 296 g/mol. The van der Waals surface area contributed by atoms with Gasteiger partial charge >= 0.3 is 0 Å². The van der Waals surface area contributed by atoms with Gasteiger partial charge in [-0.3, -0.25) is 0 Å². The monoisotopic (exact) mass is 322 g/mol. The van der Waals surface area contributed by atoms with Gasteiger partial charge in [0.05, 0.1) is 0 Å². The van der Waals surface area contributed by atoms with Gasteiger partial charge in [0, 0.05) is 6.08 Å². The molecule has 1 atom stereocenters. The van der Waals surface area contributed by atoms with E-state index < -0.39 is 11.2 Å². The van der Waals surface area contributed by atoms with E-state index in [1.807, 2.05) is 12.3 Å². The van der Waals surface area contributed by atoms with E-state index in [0.717, 1.165) is 16.2 Å². The Bertz CT molecular complexity index is 464. The van der Waals surface area contributed by atoms with E-state index in [9.17, 15) is 4.55 Å². The summed E-state index contributed by atoms with van der Waals surface area (Å²) >= 11 is 0.636. The zero-order valence-electron chi connectivity index (χ0n) is 13.3. The van der Waals surface area contributed by atoms with Crippen LogP contribution in [0.15, 0.2) is 34.6 Å². The van der Waals surface area contributed by atoms with Crippen molar-refractivity contribution in [2.24, 2.45) is 0 Å². The highest BCUT2D eigenvalue weighted by Gasteiger charge is 2.06. The minimum absolute atomic E-state index is 0.913. The summed E-state index contributed by atoms with van der Waals surface area (Å²) < 4.78 is 12.5. The Morgan fingerprint density at radius 1 is 1.24 bits per heavy atom. The van der Waals surface area contributed by atoms with Gasteiger partial charge in [0.25, 0.3) is 0 Å². The molecule has 0 N–H and O–H groups in total. The normalized spacial score (nSPS) is 13.8. The Kier molecular flexibility index (Phi) is 9.64. The standard InChI is InChI=1S/C18H26OS2/c1-4-5-6-7-8-9-11-16-12-10-13-17(14-16)15-18(20-2)21(3)19/h9-15H,4-8H2,1-3H3/b11-9+,18-15+. The van der Waals surface area contributed by atoms with Gasteiger partial charge in [0.1, 0.15) is 6.26 Å². The molecule has 0 fully saturated rings. The number of benzene rings is 1. The highest BCUT2D eigenvalue weighted by molar-refractivity contribution is 8.18. The predicted octanol–water partition coefficient (Wildman–Crippen LogP) is 5.71. The van der Waals surface area contributed by atoms with Crippen LogP contribution in [0, 0.1) is 0 Å². The summed E-state index contributed by atoms with van der Waals surface area (Å²) in [6.45, 7) is 2.24. The minimum atomic E-state index is -0.915. The first-order valence-corrected chi connectivity index (χ1v) is 10.3. The molecule has 1 aromatic carbocycles. The van der Waals surface area contributed by atoms with E-state index in [2.05, 4.69) is 43.3 Å². The molecular formula is C18H26OS2. The van der Waals surface area contributed by atoms with Gasteiger partial charge in [0.2, 0.25) is 0 Å². The second kappa shape index (κ2) is 11.0. The first kappa shape index (κ1) is 18.4. The Morgan fingerprint density at radius 2 is 2.00 bits per heavy atom. The average Bonchev–Trinajstić information content (AvgIpc) is 2.48. The maximum absolute atomic E-state index is 11.6. The lowest BCUT2D eigenvalue weighted by Crippen LogP contribution is -1.96. The van der Waals surface area contributed by atoms with Gasteiger partial charge in [0.15, 0.2) is 4.24 Å². The number of unbranched alkanes of at least 4 members (excludes halogenated alkanes) is 4. The number of rotatable bonds is 9. The predicted molar refractivity (Wildman–Crippen MR) is 99.8 cm³/mol. The molecule has 1 rings (SSSR count). The Labute approximate surface area is 137 Å². The Hall–Kier alpha value is -0.640. The lowest BCUT2D eigenvalue weighted by Gasteiger charge is -2.06. The van der Waals surface area contributed by atoms with Crippen LogP contribution in [-0.2, 0) is 11.2 Å². The fourth-order valence-electron chi connectivity index (χ4n) is 2.06. The van der Waals surface area contributed by atoms with Crippen molar-refractivity contribution < 1.29 is 4.55 Å². The highest BCUT2D eigenvalue weighted by atomic mass is 32.3. The lowest BCUT2D eigenvalue weighted by molar-refractivity contribution is 0.608. The average molecular weight is 323 g/mol. The molecule has 1 nitrogen and oxygen atoms in total. The molecule has 0 amide bonds. The van der Waals surface area contributed by atoms with Crippen molar-refractivity contribution in [2.45, 2.75) is 39.0 Å². The molecule has 0 saturated carbocycles. The van der Waals surface area contributed by atoms with E-state index in [1.165, 1.54) is 31.2 Å². The van der Waals surface area contributed by atoms with Gasteiger partial charge in [-0.15, -0.1) is 0 Å². The molecule has 0 bridgehead atoms. The van der Waals surface area contributed by atoms with Crippen LogP contribution in [0.5, 0.6) is 0 Å². The number of thioether (sulfide) groups is 1. The van der Waals surface area contributed by atoms with E-state index in [0.29, 0.717) is 0 Å². The fraction of sp³-hybridized carbons (Fsp3) is 0.444. The highest BCUT2D eigenvalue weighted by Crippen LogP contribution is 2.22. The second-order valence-corrected chi connectivity index (χ2v) is 7.50. The molecule has 0 heterocycles. The SMILES string of the molecule is CCCCCC/C=C/c1cccc(/C=C(\SC)[S+](C)[O-])c1. The zero-order chi connectivity index (χ0) is 15.5. The van der Waals surface area contributed by atoms with Gasteiger partial charge < -0.3 is 4.55 Å². The van der Waals surface area contributed by atoms with Crippen molar-refractivity contribution in [1.29, 1.82) is 0 Å². The van der Waals surface area contributed by atoms with Crippen LogP contribution in [0.3, 0.4) is 0 Å². The molecule has 1 unspecified atom stereocenters. The van der Waals surface area contributed by atoms with Crippen LogP contribution in [0.2, 0.25) is 0 Å². The molecule has 1 aromatic rings. The quantitative estimate of drug-likeness (QED) is 0.429. The maximum atomic E-state index is 11.6. The third-order valence-corrected chi connectivity index (χ3v) is 5.62. The first-order valence-electron chi connectivity index (χ1n) is 7.53. The fourth-order valence-corrected chi connectivity index (χ4v) is 3.55. The third-order valence-electron chi connectivity index (χ3n) is 3.21. The van der Waals surface area contributed by atoms with Crippen molar-refractivity contribution >= 4 is 35.1 Å². The van der Waals surface area contributed by atoms with E-state index in [1.54, 1.807) is 18.0 Å². The van der Waals surface area contributed by atoms with Crippen LogP contribution in [0.25, 0.3) is 12.2 Å². The molecule has 0 aliphatic rings. The van der Waals surface area contributed by atoms with Gasteiger partial charge in [-0.2, -0.15) is 0 Å². The molecule has 0 saturated heterocycles. The molecule has 0 aliphatic carbocycles. The number of hydrogen-bond acceptors (Lipinski definition) is 2. The summed E-state index contributed by atoms with van der Waals surface area (Å²) in [5.74, 6) is 0. The molecule has 0 spiro atoms. The molecule has 0 aliphatic heterocycles. The molecule has 21 heavy (non-hydrogen) atoms. The van der Waals surface area contributed by atoms with Crippen molar-refractivity contribution in [2.75, 3.05) is 12.5 Å². The van der Waals surface area contributed by atoms with Crippen LogP contribution < -0.4 is 0 Å². The van der Waals surface area contributed by atoms with E-state index in [4.69, 9.17) is 0 Å². The molecule has 3 heteroatoms. The number of allylic oxidation sites excluding steroid dienone is 1. The molecule has 0 aromatic heterocycles. The summed E-state index contributed by atoms with van der Waals surface area (Å²) in [5, 5.41) is 0. The van der Waals surface area contributed by atoms with Crippen LogP contribution in [0.4, 0.5) is 0 Å². The van der Waals surface area contributed by atoms with Crippen LogP contribution >= 0.6 is 11.8 Å². The van der Waals surface area contributed by atoms with Crippen molar-refractivity contribution in [3.63, 3.8) is 0 Å². The van der Waals surface area contributed by atoms with Crippen molar-refractivity contribution in [3.05, 3.63) is 45.7 Å². The first-order chi connectivity index (χ1) is 10.2. The lowest BCUT2D eigenvalue weighted by atomic mass is 10.1. The summed E-state index contributed by atoms with van der Waals surface area (Å²) in [5.41, 5.74) is 2.32. The van der Waals surface area contributed by atoms with Gasteiger partial charge in [-0.05, 0) is 47.5 Å². The smallest absolute Gasteiger partial charge is 0.186 e.